The van der Waals surface area contributed by atoms with Crippen molar-refractivity contribution in [3.63, 3.8) is 0 Å². The number of nitrogens with zero attached hydrogens (tertiary/aromatic N) is 2. The third kappa shape index (κ3) is 2.93. The van der Waals surface area contributed by atoms with Crippen LogP contribution in [0.15, 0.2) is 42.5 Å². The highest BCUT2D eigenvalue weighted by Gasteiger charge is 2.34. The lowest BCUT2D eigenvalue weighted by Gasteiger charge is -2.24. The summed E-state index contributed by atoms with van der Waals surface area (Å²) in [6, 6.07) is 14.4. The maximum atomic E-state index is 13.3. The number of hydrogen-bond acceptors (Lipinski definition) is 5. The van der Waals surface area contributed by atoms with E-state index in [9.17, 15) is 15.0 Å². The third-order valence-electron chi connectivity index (χ3n) is 7.82. The molecular weight excluding hydrogens is 456 g/mol. The lowest BCUT2D eigenvalue weighted by Crippen LogP contribution is -2.35. The molecule has 36 heavy (non-hydrogen) atoms. The Kier molecular flexibility index (Phi) is 4.87. The van der Waals surface area contributed by atoms with E-state index in [-0.39, 0.29) is 19.0 Å². The number of hydrogen-bond donors (Lipinski definition) is 4. The maximum absolute atomic E-state index is 13.3. The first-order valence-electron chi connectivity index (χ1n) is 12.4. The van der Waals surface area contributed by atoms with Crippen molar-refractivity contribution in [1.29, 1.82) is 0 Å². The Morgan fingerprint density at radius 2 is 1.72 bits per heavy atom. The SMILES string of the molecule is COCCNCc1ccc2c(c1)c1c3c(c4c5ccccc5n5c4c1n2CC(O)C(O)C5)CNC3=O. The molecule has 184 valence electrons. The number of aromatic nitrogens is 2. The second kappa shape index (κ2) is 8.04. The van der Waals surface area contributed by atoms with Gasteiger partial charge in [-0.15, -0.1) is 0 Å². The van der Waals surface area contributed by atoms with E-state index < -0.39 is 12.2 Å². The van der Waals surface area contributed by atoms with Gasteiger partial charge in [0.15, 0.2) is 0 Å². The summed E-state index contributed by atoms with van der Waals surface area (Å²) >= 11 is 0. The van der Waals surface area contributed by atoms with E-state index in [2.05, 4.69) is 50.1 Å². The predicted molar refractivity (Wildman–Crippen MR) is 139 cm³/mol. The highest BCUT2D eigenvalue weighted by Crippen LogP contribution is 2.45. The first-order valence-corrected chi connectivity index (χ1v) is 12.4. The van der Waals surface area contributed by atoms with Crippen LogP contribution in [0.25, 0.3) is 43.6 Å². The van der Waals surface area contributed by atoms with Gasteiger partial charge in [-0.3, -0.25) is 4.79 Å². The van der Waals surface area contributed by atoms with Gasteiger partial charge < -0.3 is 34.7 Å². The van der Waals surface area contributed by atoms with Crippen LogP contribution in [0.5, 0.6) is 0 Å². The van der Waals surface area contributed by atoms with Crippen LogP contribution in [0, 0.1) is 0 Å². The minimum Gasteiger partial charge on any atom is -0.388 e. The summed E-state index contributed by atoms with van der Waals surface area (Å²) in [5.41, 5.74) is 6.76. The molecule has 0 saturated heterocycles. The van der Waals surface area contributed by atoms with Crippen LogP contribution < -0.4 is 10.6 Å². The van der Waals surface area contributed by atoms with Crippen LogP contribution >= 0.6 is 0 Å². The molecule has 4 N–H and O–H groups in total. The summed E-state index contributed by atoms with van der Waals surface area (Å²) < 4.78 is 9.38. The second-order valence-electron chi connectivity index (χ2n) is 9.88. The molecule has 2 unspecified atom stereocenters. The first kappa shape index (κ1) is 21.8. The molecular formula is C28H28N4O4. The van der Waals surface area contributed by atoms with Gasteiger partial charge in [0.1, 0.15) is 0 Å². The molecule has 7 rings (SSSR count). The smallest absolute Gasteiger partial charge is 0.252 e. The Hall–Kier alpha value is -3.43. The monoisotopic (exact) mass is 484 g/mol. The third-order valence-corrected chi connectivity index (χ3v) is 7.82. The van der Waals surface area contributed by atoms with Gasteiger partial charge in [-0.2, -0.15) is 0 Å². The average Bonchev–Trinajstić information content (AvgIpc) is 3.51. The fourth-order valence-electron chi connectivity index (χ4n) is 6.23. The van der Waals surface area contributed by atoms with Crippen LogP contribution in [0.2, 0.25) is 0 Å². The number of aliphatic hydroxyl groups excluding tert-OH is 2. The van der Waals surface area contributed by atoms with Gasteiger partial charge in [0.05, 0.1) is 48.5 Å². The van der Waals surface area contributed by atoms with Crippen molar-refractivity contribution < 1.29 is 19.7 Å². The van der Waals surface area contributed by atoms with Gasteiger partial charge in [-0.05, 0) is 29.3 Å². The summed E-state index contributed by atoms with van der Waals surface area (Å²) in [7, 11) is 1.69. The van der Waals surface area contributed by atoms with Crippen molar-refractivity contribution >= 4 is 49.5 Å². The molecule has 0 spiro atoms. The number of amides is 1. The number of carbonyl (C=O) groups is 1. The van der Waals surface area contributed by atoms with E-state index in [4.69, 9.17) is 4.74 Å². The van der Waals surface area contributed by atoms with Gasteiger partial charge in [-0.25, -0.2) is 0 Å². The van der Waals surface area contributed by atoms with Crippen LogP contribution in [0.1, 0.15) is 21.5 Å². The molecule has 2 aliphatic heterocycles. The van der Waals surface area contributed by atoms with Crippen molar-refractivity contribution in [2.24, 2.45) is 0 Å². The van der Waals surface area contributed by atoms with Gasteiger partial charge in [0.2, 0.25) is 0 Å². The minimum atomic E-state index is -0.939. The highest BCUT2D eigenvalue weighted by atomic mass is 16.5. The molecule has 2 aliphatic rings. The number of benzene rings is 3. The standard InChI is InChI=1S/C28H28N4O4/c1-36-9-8-29-11-15-6-7-20-17(10-15)24-25-18(12-30-28(25)35)23-16-4-2-3-5-19(16)31-13-21(33)22(34)14-32(20)27(24)26(23)31/h2-7,10,21-22,29,33-34H,8-9,11-14H2,1H3,(H,30,35). The molecule has 8 heteroatoms. The summed E-state index contributed by atoms with van der Waals surface area (Å²) in [5, 5.41) is 32.4. The second-order valence-corrected chi connectivity index (χ2v) is 9.88. The number of methoxy groups -OCH3 is 1. The van der Waals surface area contributed by atoms with Crippen LogP contribution in [0.4, 0.5) is 0 Å². The zero-order valence-electron chi connectivity index (χ0n) is 20.0. The molecule has 3 aromatic carbocycles. The van der Waals surface area contributed by atoms with Crippen molar-refractivity contribution in [3.05, 3.63) is 59.2 Å². The van der Waals surface area contributed by atoms with Gasteiger partial charge in [0.25, 0.3) is 5.91 Å². The molecule has 1 amide bonds. The Balaban J connectivity index is 1.63. The van der Waals surface area contributed by atoms with Gasteiger partial charge >= 0.3 is 0 Å². The summed E-state index contributed by atoms with van der Waals surface area (Å²) in [6.07, 6.45) is -1.85. The zero-order valence-corrected chi connectivity index (χ0v) is 20.0. The number of rotatable bonds is 5. The molecule has 2 atom stereocenters. The number of para-hydroxylation sites is 1. The molecule has 0 aliphatic carbocycles. The number of nitrogens with one attached hydrogen (secondary N) is 2. The molecule has 5 aromatic rings. The van der Waals surface area contributed by atoms with Crippen molar-refractivity contribution in [2.75, 3.05) is 20.3 Å². The van der Waals surface area contributed by atoms with E-state index in [0.29, 0.717) is 19.7 Å². The van der Waals surface area contributed by atoms with Crippen molar-refractivity contribution in [3.8, 4) is 0 Å². The Labute approximate surface area is 207 Å². The van der Waals surface area contributed by atoms with E-state index >= 15 is 0 Å². The number of ether oxygens (including phenoxy) is 1. The predicted octanol–water partition coefficient (Wildman–Crippen LogP) is 2.62. The van der Waals surface area contributed by atoms with Gasteiger partial charge in [-0.1, -0.05) is 24.3 Å². The average molecular weight is 485 g/mol. The van der Waals surface area contributed by atoms with Crippen LogP contribution in [-0.2, 0) is 30.9 Å². The van der Waals surface area contributed by atoms with Crippen LogP contribution in [0.3, 0.4) is 0 Å². The molecule has 0 saturated carbocycles. The Morgan fingerprint density at radius 3 is 2.50 bits per heavy atom. The largest absolute Gasteiger partial charge is 0.388 e. The number of fused-ring (bicyclic) bond motifs is 9. The van der Waals surface area contributed by atoms with Crippen molar-refractivity contribution in [2.45, 2.75) is 38.4 Å². The normalized spacial score (nSPS) is 19.5. The molecule has 4 heterocycles. The summed E-state index contributed by atoms with van der Waals surface area (Å²) in [4.78, 5) is 13.3. The van der Waals surface area contributed by atoms with E-state index in [1.165, 1.54) is 0 Å². The summed E-state index contributed by atoms with van der Waals surface area (Å²) in [6.45, 7) is 3.09. The van der Waals surface area contributed by atoms with E-state index in [0.717, 1.165) is 66.8 Å². The Bertz CT molecular complexity index is 1700. The van der Waals surface area contributed by atoms with Crippen LogP contribution in [-0.4, -0.2) is 57.7 Å². The molecule has 0 radical (unpaired) electrons. The molecule has 0 fully saturated rings. The fraction of sp³-hybridized carbons (Fsp3) is 0.321. The fourth-order valence-corrected chi connectivity index (χ4v) is 6.23. The number of aliphatic hydroxyl groups is 2. The molecule has 8 nitrogen and oxygen atoms in total. The summed E-state index contributed by atoms with van der Waals surface area (Å²) in [5.74, 6) is -0.0611. The first-order chi connectivity index (χ1) is 17.6. The topological polar surface area (TPSA) is 101 Å². The highest BCUT2D eigenvalue weighted by molar-refractivity contribution is 6.30. The number of carbonyl (C=O) groups excluding carboxylic acids is 1. The lowest BCUT2D eigenvalue weighted by atomic mass is 9.96. The van der Waals surface area contributed by atoms with E-state index in [1.807, 2.05) is 12.1 Å². The quantitative estimate of drug-likeness (QED) is 0.288. The minimum absolute atomic E-state index is 0.0611. The Morgan fingerprint density at radius 1 is 1.00 bits per heavy atom. The lowest BCUT2D eigenvalue weighted by molar-refractivity contribution is 0.00168. The zero-order chi connectivity index (χ0) is 24.6. The van der Waals surface area contributed by atoms with Crippen molar-refractivity contribution in [1.82, 2.24) is 19.8 Å². The maximum Gasteiger partial charge on any atom is 0.252 e. The molecule has 2 aromatic heterocycles. The van der Waals surface area contributed by atoms with Gasteiger partial charge in [0, 0.05) is 59.3 Å². The van der Waals surface area contributed by atoms with E-state index in [1.54, 1.807) is 7.11 Å². The molecule has 0 bridgehead atoms.